The van der Waals surface area contributed by atoms with Crippen LogP contribution in [0, 0.1) is 5.92 Å². The van der Waals surface area contributed by atoms with Gasteiger partial charge in [0.25, 0.3) is 0 Å². The van der Waals surface area contributed by atoms with Gasteiger partial charge in [-0.05, 0) is 37.8 Å². The monoisotopic (exact) mass is 322 g/mol. The Hall–Kier alpha value is -1.59. The zero-order chi connectivity index (χ0) is 17.3. The minimum Gasteiger partial charge on any atom is -0.444 e. The van der Waals surface area contributed by atoms with Gasteiger partial charge in [0.1, 0.15) is 5.60 Å². The number of alkyl carbamates (subject to hydrolysis) is 1. The molecule has 0 saturated heterocycles. The molecule has 5 heteroatoms. The normalized spacial score (nSPS) is 12.7. The van der Waals surface area contributed by atoms with E-state index in [9.17, 15) is 4.79 Å². The third-order valence-corrected chi connectivity index (χ3v) is 3.20. The fourth-order valence-corrected chi connectivity index (χ4v) is 2.18. The van der Waals surface area contributed by atoms with E-state index in [2.05, 4.69) is 23.6 Å². The van der Waals surface area contributed by atoms with Gasteiger partial charge in [0.2, 0.25) is 0 Å². The van der Waals surface area contributed by atoms with Crippen LogP contribution in [-0.4, -0.2) is 32.0 Å². The number of amides is 1. The van der Waals surface area contributed by atoms with Crippen molar-refractivity contribution in [3.8, 4) is 0 Å². The maximum absolute atomic E-state index is 11.8. The molecule has 1 rings (SSSR count). The first-order valence-electron chi connectivity index (χ1n) is 8.05. The van der Waals surface area contributed by atoms with Gasteiger partial charge in [-0.1, -0.05) is 31.2 Å². The molecule has 0 aromatic heterocycles. The second-order valence-electron chi connectivity index (χ2n) is 6.82. The Bertz CT molecular complexity index is 483. The van der Waals surface area contributed by atoms with Gasteiger partial charge in [-0.25, -0.2) is 4.79 Å². The van der Waals surface area contributed by atoms with E-state index < -0.39 is 11.7 Å². The molecule has 130 valence electrons. The van der Waals surface area contributed by atoms with Crippen molar-refractivity contribution in [2.45, 2.75) is 46.4 Å². The number of hydrogen-bond acceptors (Lipinski definition) is 4. The lowest BCUT2D eigenvalue weighted by atomic mass is 10.1. The fourth-order valence-electron chi connectivity index (χ4n) is 2.18. The van der Waals surface area contributed by atoms with Crippen LogP contribution in [0.1, 0.15) is 38.8 Å². The summed E-state index contributed by atoms with van der Waals surface area (Å²) in [6.45, 7) is 10.6. The Balaban J connectivity index is 2.49. The smallest absolute Gasteiger partial charge is 0.407 e. The molecular weight excluding hydrogens is 292 g/mol. The minimum absolute atomic E-state index is 0.394. The highest BCUT2D eigenvalue weighted by Crippen LogP contribution is 2.10. The SMILES string of the molecule is COCC(C)CNCc1ccccc1CNC(=O)OC(C)(C)C. The Labute approximate surface area is 139 Å². The molecule has 1 atom stereocenters. The van der Waals surface area contributed by atoms with Gasteiger partial charge >= 0.3 is 6.09 Å². The summed E-state index contributed by atoms with van der Waals surface area (Å²) in [6, 6.07) is 8.07. The molecule has 0 heterocycles. The van der Waals surface area contributed by atoms with Crippen molar-refractivity contribution in [3.05, 3.63) is 35.4 Å². The molecule has 0 bridgehead atoms. The van der Waals surface area contributed by atoms with Gasteiger partial charge in [-0.2, -0.15) is 0 Å². The highest BCUT2D eigenvalue weighted by atomic mass is 16.6. The molecule has 1 aromatic rings. The van der Waals surface area contributed by atoms with Crippen LogP contribution < -0.4 is 10.6 Å². The third-order valence-electron chi connectivity index (χ3n) is 3.20. The van der Waals surface area contributed by atoms with Crippen LogP contribution in [0.15, 0.2) is 24.3 Å². The second-order valence-corrected chi connectivity index (χ2v) is 6.82. The maximum atomic E-state index is 11.8. The molecule has 1 aromatic carbocycles. The molecule has 0 radical (unpaired) electrons. The number of carbonyl (C=O) groups excluding carboxylic acids is 1. The van der Waals surface area contributed by atoms with E-state index in [-0.39, 0.29) is 0 Å². The molecule has 0 aliphatic heterocycles. The molecule has 5 nitrogen and oxygen atoms in total. The Morgan fingerprint density at radius 3 is 2.35 bits per heavy atom. The summed E-state index contributed by atoms with van der Waals surface area (Å²) in [6.07, 6.45) is -0.394. The first kappa shape index (κ1) is 19.5. The average molecular weight is 322 g/mol. The molecular formula is C18H30N2O3. The van der Waals surface area contributed by atoms with E-state index in [0.717, 1.165) is 25.3 Å². The number of methoxy groups -OCH3 is 1. The van der Waals surface area contributed by atoms with Crippen molar-refractivity contribution in [1.82, 2.24) is 10.6 Å². The predicted octanol–water partition coefficient (Wildman–Crippen LogP) is 3.08. The van der Waals surface area contributed by atoms with Crippen LogP contribution in [0.3, 0.4) is 0 Å². The van der Waals surface area contributed by atoms with Crippen molar-refractivity contribution >= 4 is 6.09 Å². The fraction of sp³-hybridized carbons (Fsp3) is 0.611. The van der Waals surface area contributed by atoms with Crippen LogP contribution in [0.2, 0.25) is 0 Å². The van der Waals surface area contributed by atoms with E-state index >= 15 is 0 Å². The zero-order valence-electron chi connectivity index (χ0n) is 14.9. The number of ether oxygens (including phenoxy) is 2. The van der Waals surface area contributed by atoms with Crippen LogP contribution in [0.5, 0.6) is 0 Å². The van der Waals surface area contributed by atoms with E-state index in [0.29, 0.717) is 12.5 Å². The van der Waals surface area contributed by atoms with Crippen molar-refractivity contribution in [1.29, 1.82) is 0 Å². The molecule has 0 aliphatic rings. The lowest BCUT2D eigenvalue weighted by molar-refractivity contribution is 0.0523. The van der Waals surface area contributed by atoms with Crippen LogP contribution in [0.25, 0.3) is 0 Å². The summed E-state index contributed by atoms with van der Waals surface area (Å²) in [5, 5.41) is 6.24. The average Bonchev–Trinajstić information content (AvgIpc) is 2.45. The van der Waals surface area contributed by atoms with E-state index in [1.54, 1.807) is 7.11 Å². The molecule has 1 unspecified atom stereocenters. The van der Waals surface area contributed by atoms with Crippen molar-refractivity contribution < 1.29 is 14.3 Å². The highest BCUT2D eigenvalue weighted by molar-refractivity contribution is 5.67. The van der Waals surface area contributed by atoms with Gasteiger partial charge in [-0.3, -0.25) is 0 Å². The minimum atomic E-state index is -0.483. The molecule has 0 aliphatic carbocycles. The Morgan fingerprint density at radius 1 is 1.17 bits per heavy atom. The summed E-state index contributed by atoms with van der Waals surface area (Å²) in [5.41, 5.74) is 1.78. The molecule has 1 amide bonds. The largest absolute Gasteiger partial charge is 0.444 e. The first-order chi connectivity index (χ1) is 10.8. The summed E-state index contributed by atoms with van der Waals surface area (Å²) in [7, 11) is 1.72. The Kier molecular flexibility index (Phi) is 8.06. The third kappa shape index (κ3) is 8.57. The zero-order valence-corrected chi connectivity index (χ0v) is 14.9. The van der Waals surface area contributed by atoms with Crippen LogP contribution in [0.4, 0.5) is 4.79 Å². The molecule has 2 N–H and O–H groups in total. The molecule has 0 spiro atoms. The van der Waals surface area contributed by atoms with E-state index in [1.165, 1.54) is 5.56 Å². The lowest BCUT2D eigenvalue weighted by Crippen LogP contribution is -2.32. The summed E-state index contributed by atoms with van der Waals surface area (Å²) >= 11 is 0. The van der Waals surface area contributed by atoms with Crippen molar-refractivity contribution in [2.75, 3.05) is 20.3 Å². The number of nitrogens with one attached hydrogen (secondary N) is 2. The van der Waals surface area contributed by atoms with Gasteiger partial charge in [0.05, 0.1) is 0 Å². The summed E-state index contributed by atoms with van der Waals surface area (Å²) < 4.78 is 10.4. The quantitative estimate of drug-likeness (QED) is 0.772. The topological polar surface area (TPSA) is 59.6 Å². The number of rotatable bonds is 8. The van der Waals surface area contributed by atoms with Gasteiger partial charge in [0.15, 0.2) is 0 Å². The van der Waals surface area contributed by atoms with E-state index in [1.807, 2.05) is 39.0 Å². The second kappa shape index (κ2) is 9.53. The van der Waals surface area contributed by atoms with Gasteiger partial charge in [0, 0.05) is 33.4 Å². The lowest BCUT2D eigenvalue weighted by Gasteiger charge is -2.20. The van der Waals surface area contributed by atoms with Crippen molar-refractivity contribution in [2.24, 2.45) is 5.92 Å². The maximum Gasteiger partial charge on any atom is 0.407 e. The first-order valence-corrected chi connectivity index (χ1v) is 8.05. The molecule has 0 fully saturated rings. The predicted molar refractivity (Wildman–Crippen MR) is 92.3 cm³/mol. The summed E-state index contributed by atoms with van der Waals surface area (Å²) in [5.74, 6) is 0.465. The standard InChI is InChI=1S/C18H30N2O3/c1-14(13-22-5)10-19-11-15-8-6-7-9-16(15)12-20-17(21)23-18(2,3)4/h6-9,14,19H,10-13H2,1-5H3,(H,20,21). The molecule has 23 heavy (non-hydrogen) atoms. The summed E-state index contributed by atoms with van der Waals surface area (Å²) in [4.78, 5) is 11.8. The highest BCUT2D eigenvalue weighted by Gasteiger charge is 2.16. The van der Waals surface area contributed by atoms with Crippen LogP contribution >= 0.6 is 0 Å². The number of hydrogen-bond donors (Lipinski definition) is 2. The number of benzene rings is 1. The van der Waals surface area contributed by atoms with Crippen molar-refractivity contribution in [3.63, 3.8) is 0 Å². The van der Waals surface area contributed by atoms with Gasteiger partial charge in [-0.15, -0.1) is 0 Å². The van der Waals surface area contributed by atoms with E-state index in [4.69, 9.17) is 9.47 Å². The Morgan fingerprint density at radius 2 is 1.78 bits per heavy atom. The van der Waals surface area contributed by atoms with Crippen LogP contribution in [-0.2, 0) is 22.6 Å². The number of carbonyl (C=O) groups is 1. The van der Waals surface area contributed by atoms with Gasteiger partial charge < -0.3 is 20.1 Å². The molecule has 0 saturated carbocycles.